The van der Waals surface area contributed by atoms with Gasteiger partial charge in [-0.1, -0.05) is 18.2 Å². The van der Waals surface area contributed by atoms with Crippen LogP contribution in [-0.2, 0) is 11.3 Å². The summed E-state index contributed by atoms with van der Waals surface area (Å²) in [5.41, 5.74) is 0.376. The molecule has 1 aromatic carbocycles. The molecule has 20 heavy (non-hydrogen) atoms. The normalized spacial score (nSPS) is 10.5. The van der Waals surface area contributed by atoms with E-state index in [1.54, 1.807) is 26.2 Å². The number of rotatable bonds is 5. The molecule has 0 aliphatic carbocycles. The Kier molecular flexibility index (Phi) is 4.29. The molecule has 0 unspecified atom stereocenters. The zero-order valence-electron chi connectivity index (χ0n) is 11.6. The van der Waals surface area contributed by atoms with E-state index >= 15 is 0 Å². The van der Waals surface area contributed by atoms with Gasteiger partial charge >= 0.3 is 5.69 Å². The minimum absolute atomic E-state index is 0.0356. The number of tetrazole rings is 1. The summed E-state index contributed by atoms with van der Waals surface area (Å²) in [6.07, 6.45) is 0.946. The van der Waals surface area contributed by atoms with Crippen molar-refractivity contribution < 1.29 is 4.79 Å². The standard InChI is InChI=1S/C13H17N5O2/c1-16(2)12(19)9-6-10-17-13(20)18(15-14-17)11-7-4-3-5-8-11/h3-5,7-8H,6,9-10H2,1-2H3. The van der Waals surface area contributed by atoms with Crippen LogP contribution in [0.3, 0.4) is 0 Å². The molecule has 1 aromatic heterocycles. The molecule has 0 saturated carbocycles. The third kappa shape index (κ3) is 3.11. The van der Waals surface area contributed by atoms with Gasteiger partial charge in [0.1, 0.15) is 0 Å². The Balaban J connectivity index is 2.03. The van der Waals surface area contributed by atoms with Gasteiger partial charge in [-0.3, -0.25) is 4.79 Å². The van der Waals surface area contributed by atoms with E-state index in [4.69, 9.17) is 0 Å². The monoisotopic (exact) mass is 275 g/mol. The van der Waals surface area contributed by atoms with Crippen LogP contribution in [-0.4, -0.2) is 44.7 Å². The van der Waals surface area contributed by atoms with E-state index in [2.05, 4.69) is 10.4 Å². The summed E-state index contributed by atoms with van der Waals surface area (Å²) in [4.78, 5) is 25.1. The lowest BCUT2D eigenvalue weighted by Crippen LogP contribution is -2.26. The average Bonchev–Trinajstić information content (AvgIpc) is 2.81. The van der Waals surface area contributed by atoms with E-state index in [1.165, 1.54) is 14.3 Å². The number of carbonyl (C=O) groups is 1. The van der Waals surface area contributed by atoms with Crippen molar-refractivity contribution in [2.45, 2.75) is 19.4 Å². The minimum atomic E-state index is -0.298. The number of hydrogen-bond acceptors (Lipinski definition) is 4. The summed E-state index contributed by atoms with van der Waals surface area (Å²) in [6.45, 7) is 0.380. The third-order valence-corrected chi connectivity index (χ3v) is 2.90. The van der Waals surface area contributed by atoms with Crippen LogP contribution in [0.4, 0.5) is 0 Å². The van der Waals surface area contributed by atoms with Gasteiger partial charge < -0.3 is 4.90 Å². The Morgan fingerprint density at radius 3 is 2.55 bits per heavy atom. The fourth-order valence-corrected chi connectivity index (χ4v) is 1.75. The predicted octanol–water partition coefficient (Wildman–Crippen LogP) is 0.297. The van der Waals surface area contributed by atoms with Crippen molar-refractivity contribution in [1.29, 1.82) is 0 Å². The minimum Gasteiger partial charge on any atom is -0.349 e. The summed E-state index contributed by atoms with van der Waals surface area (Å²) in [5.74, 6) is 0.0356. The molecular formula is C13H17N5O2. The van der Waals surface area contributed by atoms with E-state index in [-0.39, 0.29) is 11.6 Å². The van der Waals surface area contributed by atoms with Crippen LogP contribution in [0.15, 0.2) is 35.1 Å². The van der Waals surface area contributed by atoms with Crippen LogP contribution in [0.25, 0.3) is 5.69 Å². The Hall–Kier alpha value is -2.44. The summed E-state index contributed by atoms with van der Waals surface area (Å²) in [6, 6.07) is 9.10. The number of benzene rings is 1. The molecule has 0 spiro atoms. The molecule has 0 aliphatic rings. The maximum absolute atomic E-state index is 12.1. The number of nitrogens with zero attached hydrogens (tertiary/aromatic N) is 5. The predicted molar refractivity (Wildman–Crippen MR) is 73.5 cm³/mol. The average molecular weight is 275 g/mol. The van der Waals surface area contributed by atoms with E-state index in [1.807, 2.05) is 18.2 Å². The van der Waals surface area contributed by atoms with Gasteiger partial charge in [0.15, 0.2) is 0 Å². The first kappa shape index (κ1) is 14.0. The van der Waals surface area contributed by atoms with Crippen LogP contribution in [0, 0.1) is 0 Å². The van der Waals surface area contributed by atoms with E-state index < -0.39 is 0 Å². The van der Waals surface area contributed by atoms with E-state index in [0.717, 1.165) is 0 Å². The summed E-state index contributed by atoms with van der Waals surface area (Å²) < 4.78 is 2.52. The topological polar surface area (TPSA) is 73.0 Å². The molecule has 0 atom stereocenters. The molecule has 0 radical (unpaired) electrons. The van der Waals surface area contributed by atoms with Crippen molar-refractivity contribution in [3.05, 3.63) is 40.8 Å². The lowest BCUT2D eigenvalue weighted by atomic mass is 10.3. The van der Waals surface area contributed by atoms with Crippen molar-refractivity contribution in [1.82, 2.24) is 24.7 Å². The molecule has 1 heterocycles. The number of carbonyl (C=O) groups excluding carboxylic acids is 1. The SMILES string of the molecule is CN(C)C(=O)CCCn1nnn(-c2ccccc2)c1=O. The highest BCUT2D eigenvalue weighted by Gasteiger charge is 2.09. The highest BCUT2D eigenvalue weighted by atomic mass is 16.2. The van der Waals surface area contributed by atoms with Gasteiger partial charge in [-0.15, -0.1) is 0 Å². The molecule has 0 bridgehead atoms. The van der Waals surface area contributed by atoms with Gasteiger partial charge in [0, 0.05) is 27.1 Å². The maximum atomic E-state index is 12.1. The Morgan fingerprint density at radius 1 is 1.20 bits per heavy atom. The fourth-order valence-electron chi connectivity index (χ4n) is 1.75. The smallest absolute Gasteiger partial charge is 0.349 e. The number of para-hydroxylation sites is 1. The first-order valence-corrected chi connectivity index (χ1v) is 6.38. The van der Waals surface area contributed by atoms with Crippen molar-refractivity contribution >= 4 is 5.91 Å². The van der Waals surface area contributed by atoms with Crippen LogP contribution in [0.2, 0.25) is 0 Å². The Morgan fingerprint density at radius 2 is 1.90 bits per heavy atom. The summed E-state index contributed by atoms with van der Waals surface area (Å²) >= 11 is 0. The van der Waals surface area contributed by atoms with Crippen molar-refractivity contribution in [3.63, 3.8) is 0 Å². The molecule has 0 N–H and O–H groups in total. The summed E-state index contributed by atoms with van der Waals surface area (Å²) in [5, 5.41) is 7.67. The zero-order valence-corrected chi connectivity index (χ0v) is 11.6. The van der Waals surface area contributed by atoms with Crippen molar-refractivity contribution in [3.8, 4) is 5.69 Å². The third-order valence-electron chi connectivity index (χ3n) is 2.90. The van der Waals surface area contributed by atoms with Crippen LogP contribution < -0.4 is 5.69 Å². The highest BCUT2D eigenvalue weighted by molar-refractivity contribution is 5.75. The molecule has 1 amide bonds. The molecule has 0 fully saturated rings. The van der Waals surface area contributed by atoms with E-state index in [9.17, 15) is 9.59 Å². The second kappa shape index (κ2) is 6.14. The lowest BCUT2D eigenvalue weighted by molar-refractivity contribution is -0.128. The Bertz CT molecular complexity index is 630. The van der Waals surface area contributed by atoms with Gasteiger partial charge in [-0.2, -0.15) is 9.36 Å². The number of aryl methyl sites for hydroxylation is 1. The second-order valence-electron chi connectivity index (χ2n) is 4.62. The molecule has 7 heteroatoms. The molecule has 7 nitrogen and oxygen atoms in total. The van der Waals surface area contributed by atoms with E-state index in [0.29, 0.717) is 25.1 Å². The molecule has 106 valence electrons. The maximum Gasteiger partial charge on any atom is 0.368 e. The fraction of sp³-hybridized carbons (Fsp3) is 0.385. The number of aromatic nitrogens is 4. The van der Waals surface area contributed by atoms with Gasteiger partial charge in [-0.25, -0.2) is 4.79 Å². The molecular weight excluding hydrogens is 258 g/mol. The largest absolute Gasteiger partial charge is 0.368 e. The second-order valence-corrected chi connectivity index (χ2v) is 4.62. The molecule has 2 aromatic rings. The Labute approximate surface area is 116 Å². The van der Waals surface area contributed by atoms with Gasteiger partial charge in [0.2, 0.25) is 5.91 Å². The number of hydrogen-bond donors (Lipinski definition) is 0. The van der Waals surface area contributed by atoms with Crippen LogP contribution >= 0.6 is 0 Å². The molecule has 0 aliphatic heterocycles. The van der Waals surface area contributed by atoms with Crippen LogP contribution in [0.1, 0.15) is 12.8 Å². The lowest BCUT2D eigenvalue weighted by Gasteiger charge is -2.08. The van der Waals surface area contributed by atoms with Gasteiger partial charge in [0.05, 0.1) is 5.69 Å². The van der Waals surface area contributed by atoms with Gasteiger partial charge in [-0.05, 0) is 29.0 Å². The van der Waals surface area contributed by atoms with Crippen LogP contribution in [0.5, 0.6) is 0 Å². The summed E-state index contributed by atoms with van der Waals surface area (Å²) in [7, 11) is 3.42. The first-order valence-electron chi connectivity index (χ1n) is 6.38. The number of amides is 1. The van der Waals surface area contributed by atoms with Crippen molar-refractivity contribution in [2.75, 3.05) is 14.1 Å². The molecule has 0 saturated heterocycles. The molecule has 2 rings (SSSR count). The van der Waals surface area contributed by atoms with Gasteiger partial charge in [0.25, 0.3) is 0 Å². The van der Waals surface area contributed by atoms with Crippen molar-refractivity contribution in [2.24, 2.45) is 0 Å². The first-order chi connectivity index (χ1) is 9.59. The zero-order chi connectivity index (χ0) is 14.5. The quantitative estimate of drug-likeness (QED) is 0.786. The highest BCUT2D eigenvalue weighted by Crippen LogP contribution is 2.01.